The van der Waals surface area contributed by atoms with Crippen molar-refractivity contribution in [3.63, 3.8) is 0 Å². The molecule has 19 heavy (non-hydrogen) atoms. The highest BCUT2D eigenvalue weighted by atomic mass is 35.5. The van der Waals surface area contributed by atoms with E-state index in [1.54, 1.807) is 12.1 Å². The van der Waals surface area contributed by atoms with Gasteiger partial charge in [-0.25, -0.2) is 9.97 Å². The lowest BCUT2D eigenvalue weighted by molar-refractivity contribution is 0.0252. The van der Waals surface area contributed by atoms with E-state index in [1.165, 1.54) is 6.33 Å². The van der Waals surface area contributed by atoms with Crippen molar-refractivity contribution < 1.29 is 14.6 Å². The lowest BCUT2D eigenvalue weighted by Gasteiger charge is -2.24. The minimum absolute atomic E-state index is 0.0153. The number of aromatic nitrogens is 2. The Morgan fingerprint density at radius 3 is 2.84 bits per heavy atom. The molecule has 1 aliphatic rings. The number of halogens is 1. The maximum atomic E-state index is 9.99. The van der Waals surface area contributed by atoms with Crippen molar-refractivity contribution in [2.24, 2.45) is 0 Å². The summed E-state index contributed by atoms with van der Waals surface area (Å²) < 4.78 is 11.2. The predicted molar refractivity (Wildman–Crippen MR) is 70.7 cm³/mol. The number of rotatable bonds is 2. The minimum Gasteiger partial charge on any atom is -0.504 e. The summed E-state index contributed by atoms with van der Waals surface area (Å²) in [5.41, 5.74) is 0.653. The molecule has 0 spiro atoms. The number of benzene rings is 1. The summed E-state index contributed by atoms with van der Waals surface area (Å²) in [6.45, 7) is 1.33. The first-order valence-corrected chi connectivity index (χ1v) is 6.50. The van der Waals surface area contributed by atoms with Crippen LogP contribution >= 0.6 is 11.6 Å². The zero-order chi connectivity index (χ0) is 13.2. The Morgan fingerprint density at radius 1 is 1.26 bits per heavy atom. The van der Waals surface area contributed by atoms with Gasteiger partial charge in [0.25, 0.3) is 0 Å². The third-order valence-electron chi connectivity index (χ3n) is 3.14. The third-order valence-corrected chi connectivity index (χ3v) is 3.43. The van der Waals surface area contributed by atoms with Gasteiger partial charge >= 0.3 is 0 Å². The third kappa shape index (κ3) is 2.43. The number of aromatic hydroxyl groups is 1. The van der Waals surface area contributed by atoms with Crippen molar-refractivity contribution in [1.29, 1.82) is 0 Å². The molecule has 1 fully saturated rings. The number of ether oxygens (including phenoxy) is 2. The molecule has 0 radical (unpaired) electrons. The first-order chi connectivity index (χ1) is 9.25. The molecule has 2 heterocycles. The van der Waals surface area contributed by atoms with Gasteiger partial charge in [0.15, 0.2) is 11.5 Å². The summed E-state index contributed by atoms with van der Waals surface area (Å²) in [6.07, 6.45) is 2.99. The van der Waals surface area contributed by atoms with E-state index in [0.717, 1.165) is 12.8 Å². The number of phenolic OH excluding ortho intramolecular Hbond substituents is 1. The topological polar surface area (TPSA) is 64.5 Å². The van der Waals surface area contributed by atoms with E-state index in [0.29, 0.717) is 29.9 Å². The van der Waals surface area contributed by atoms with Crippen LogP contribution in [0.25, 0.3) is 10.9 Å². The van der Waals surface area contributed by atoms with Crippen molar-refractivity contribution in [3.8, 4) is 11.5 Å². The van der Waals surface area contributed by atoms with Gasteiger partial charge in [0, 0.05) is 12.8 Å². The van der Waals surface area contributed by atoms with Crippen molar-refractivity contribution in [2.45, 2.75) is 18.9 Å². The normalized spacial score (nSPS) is 16.7. The molecule has 100 valence electrons. The van der Waals surface area contributed by atoms with E-state index < -0.39 is 0 Å². The van der Waals surface area contributed by atoms with Crippen molar-refractivity contribution >= 4 is 22.5 Å². The average molecular weight is 281 g/mol. The number of nitrogens with zero attached hydrogens (tertiary/aromatic N) is 2. The maximum absolute atomic E-state index is 9.99. The largest absolute Gasteiger partial charge is 0.504 e. The molecule has 3 rings (SSSR count). The molecule has 5 nitrogen and oxygen atoms in total. The Bertz CT molecular complexity index is 600. The van der Waals surface area contributed by atoms with E-state index in [9.17, 15) is 5.11 Å². The fourth-order valence-electron chi connectivity index (χ4n) is 2.15. The van der Waals surface area contributed by atoms with Crippen LogP contribution in [-0.4, -0.2) is 34.4 Å². The zero-order valence-corrected chi connectivity index (χ0v) is 10.9. The van der Waals surface area contributed by atoms with Gasteiger partial charge in [-0.15, -0.1) is 0 Å². The van der Waals surface area contributed by atoms with Crippen LogP contribution < -0.4 is 4.74 Å². The number of hydrogen-bond donors (Lipinski definition) is 1. The van der Waals surface area contributed by atoms with Gasteiger partial charge in [-0.05, 0) is 12.1 Å². The lowest BCUT2D eigenvalue weighted by atomic mass is 10.1. The highest BCUT2D eigenvalue weighted by Gasteiger charge is 2.20. The molecular formula is C13H13ClN2O3. The Kier molecular flexibility index (Phi) is 3.40. The number of fused-ring (bicyclic) bond motifs is 1. The SMILES string of the molecule is Oc1ccc2ncnc(Cl)c2c1OC1CCOCC1. The highest BCUT2D eigenvalue weighted by molar-refractivity contribution is 6.34. The molecule has 0 aliphatic carbocycles. The van der Waals surface area contributed by atoms with Crippen LogP contribution in [0.2, 0.25) is 5.15 Å². The second kappa shape index (κ2) is 5.19. The van der Waals surface area contributed by atoms with Crippen LogP contribution in [0.1, 0.15) is 12.8 Å². The summed E-state index contributed by atoms with van der Waals surface area (Å²) in [5, 5.41) is 10.8. The van der Waals surface area contributed by atoms with Gasteiger partial charge in [-0.2, -0.15) is 0 Å². The van der Waals surface area contributed by atoms with Crippen LogP contribution in [0.15, 0.2) is 18.5 Å². The number of phenols is 1. The Labute approximate surface area is 115 Å². The lowest BCUT2D eigenvalue weighted by Crippen LogP contribution is -2.26. The first-order valence-electron chi connectivity index (χ1n) is 6.12. The van der Waals surface area contributed by atoms with E-state index in [4.69, 9.17) is 21.1 Å². The monoisotopic (exact) mass is 280 g/mol. The highest BCUT2D eigenvalue weighted by Crippen LogP contribution is 2.38. The van der Waals surface area contributed by atoms with Crippen LogP contribution in [0, 0.1) is 0 Å². The molecule has 1 aromatic heterocycles. The summed E-state index contributed by atoms with van der Waals surface area (Å²) in [6, 6.07) is 3.25. The van der Waals surface area contributed by atoms with Gasteiger partial charge in [0.1, 0.15) is 17.6 Å². The minimum atomic E-state index is 0.0153. The number of hydrogen-bond acceptors (Lipinski definition) is 5. The average Bonchev–Trinajstić information content (AvgIpc) is 2.43. The zero-order valence-electron chi connectivity index (χ0n) is 10.2. The van der Waals surface area contributed by atoms with Gasteiger partial charge in [0.05, 0.1) is 24.1 Å². The summed E-state index contributed by atoms with van der Waals surface area (Å²) in [5.74, 6) is 0.408. The van der Waals surface area contributed by atoms with Gasteiger partial charge in [0.2, 0.25) is 0 Å². The molecule has 2 aromatic rings. The van der Waals surface area contributed by atoms with Crippen LogP contribution in [0.4, 0.5) is 0 Å². The van der Waals surface area contributed by atoms with Crippen LogP contribution in [0.3, 0.4) is 0 Å². The van der Waals surface area contributed by atoms with Crippen molar-refractivity contribution in [2.75, 3.05) is 13.2 Å². The molecular weight excluding hydrogens is 268 g/mol. The predicted octanol–water partition coefficient (Wildman–Crippen LogP) is 2.55. The van der Waals surface area contributed by atoms with Gasteiger partial charge in [-0.1, -0.05) is 11.6 Å². The van der Waals surface area contributed by atoms with Crippen LogP contribution in [0.5, 0.6) is 11.5 Å². The van der Waals surface area contributed by atoms with E-state index >= 15 is 0 Å². The van der Waals surface area contributed by atoms with Crippen LogP contribution in [-0.2, 0) is 4.74 Å². The molecule has 1 N–H and O–H groups in total. The Morgan fingerprint density at radius 2 is 2.05 bits per heavy atom. The van der Waals surface area contributed by atoms with Crippen molar-refractivity contribution in [3.05, 3.63) is 23.6 Å². The second-order valence-electron chi connectivity index (χ2n) is 4.40. The van der Waals surface area contributed by atoms with Gasteiger partial charge in [-0.3, -0.25) is 0 Å². The fourth-order valence-corrected chi connectivity index (χ4v) is 2.38. The molecule has 1 aromatic carbocycles. The van der Waals surface area contributed by atoms with Crippen molar-refractivity contribution in [1.82, 2.24) is 9.97 Å². The molecule has 0 saturated carbocycles. The molecule has 0 amide bonds. The molecule has 6 heteroatoms. The second-order valence-corrected chi connectivity index (χ2v) is 4.76. The smallest absolute Gasteiger partial charge is 0.173 e. The molecule has 1 aliphatic heterocycles. The summed E-state index contributed by atoms with van der Waals surface area (Å²) in [4.78, 5) is 8.07. The standard InChI is InChI=1S/C13H13ClN2O3/c14-13-11-9(15-7-16-13)1-2-10(17)12(11)19-8-3-5-18-6-4-8/h1-2,7-8,17H,3-6H2. The molecule has 0 atom stereocenters. The maximum Gasteiger partial charge on any atom is 0.173 e. The van der Waals surface area contributed by atoms with E-state index in [-0.39, 0.29) is 17.0 Å². The molecule has 0 unspecified atom stereocenters. The first kappa shape index (κ1) is 12.4. The summed E-state index contributed by atoms with van der Waals surface area (Å²) in [7, 11) is 0. The Hall–Kier alpha value is -1.59. The van der Waals surface area contributed by atoms with E-state index in [2.05, 4.69) is 9.97 Å². The van der Waals surface area contributed by atoms with Gasteiger partial charge < -0.3 is 14.6 Å². The molecule has 0 bridgehead atoms. The van der Waals surface area contributed by atoms with E-state index in [1.807, 2.05) is 0 Å². The quantitative estimate of drug-likeness (QED) is 0.857. The Balaban J connectivity index is 2.03. The summed E-state index contributed by atoms with van der Waals surface area (Å²) >= 11 is 6.08. The fraction of sp³-hybridized carbons (Fsp3) is 0.385. The molecule has 1 saturated heterocycles.